The number of nitrogens with one attached hydrogen (secondary N) is 1. The summed E-state index contributed by atoms with van der Waals surface area (Å²) >= 11 is 6.21. The normalized spacial score (nSPS) is 10.9. The van der Waals surface area contributed by atoms with Gasteiger partial charge in [-0.2, -0.15) is 9.67 Å². The monoisotopic (exact) mass is 384 g/mol. The van der Waals surface area contributed by atoms with Crippen LogP contribution < -0.4 is 10.1 Å². The van der Waals surface area contributed by atoms with Gasteiger partial charge in [-0.05, 0) is 35.9 Å². The predicted octanol–water partition coefficient (Wildman–Crippen LogP) is 4.52. The zero-order valence-corrected chi connectivity index (χ0v) is 16.2. The average Bonchev–Trinajstić information content (AvgIpc) is 3.11. The van der Waals surface area contributed by atoms with Gasteiger partial charge in [0.2, 0.25) is 5.95 Å². The molecule has 3 rings (SSSR count). The lowest BCUT2D eigenvalue weighted by molar-refractivity contribution is 0.0841. The minimum Gasteiger partial charge on any atom is -0.497 e. The highest BCUT2D eigenvalue weighted by Crippen LogP contribution is 2.23. The van der Waals surface area contributed by atoms with Crippen molar-refractivity contribution in [2.75, 3.05) is 12.4 Å². The molecule has 0 aliphatic rings. The number of carbonyl (C=O) groups excluding carboxylic acids is 1. The summed E-state index contributed by atoms with van der Waals surface area (Å²) in [6, 6.07) is 14.9. The SMILES string of the molecule is COc1ccc(-c2nc(NCc3ccccc3Cl)n(C(=O)C(C)C)n2)cc1. The number of benzene rings is 2. The number of methoxy groups -OCH3 is 1. The van der Waals surface area contributed by atoms with E-state index < -0.39 is 0 Å². The molecule has 0 amide bonds. The molecule has 6 nitrogen and oxygen atoms in total. The number of ether oxygens (including phenoxy) is 1. The molecule has 27 heavy (non-hydrogen) atoms. The van der Waals surface area contributed by atoms with E-state index in [1.165, 1.54) is 4.68 Å². The number of aromatic nitrogens is 3. The fraction of sp³-hybridized carbons (Fsp3) is 0.250. The van der Waals surface area contributed by atoms with Crippen LogP contribution in [0.5, 0.6) is 5.75 Å². The molecule has 0 saturated heterocycles. The van der Waals surface area contributed by atoms with Crippen molar-refractivity contribution in [3.05, 3.63) is 59.1 Å². The molecule has 1 N–H and O–H groups in total. The van der Waals surface area contributed by atoms with Crippen LogP contribution in [0.1, 0.15) is 24.2 Å². The van der Waals surface area contributed by atoms with Crippen LogP contribution in [-0.2, 0) is 6.54 Å². The zero-order valence-electron chi connectivity index (χ0n) is 15.4. The van der Waals surface area contributed by atoms with Gasteiger partial charge in [-0.1, -0.05) is 43.6 Å². The number of halogens is 1. The van der Waals surface area contributed by atoms with Crippen molar-refractivity contribution >= 4 is 23.5 Å². The third-order valence-electron chi connectivity index (χ3n) is 4.05. The smallest absolute Gasteiger partial charge is 0.252 e. The maximum Gasteiger partial charge on any atom is 0.252 e. The van der Waals surface area contributed by atoms with Gasteiger partial charge in [0.1, 0.15) is 5.75 Å². The van der Waals surface area contributed by atoms with E-state index in [-0.39, 0.29) is 11.8 Å². The highest BCUT2D eigenvalue weighted by Gasteiger charge is 2.19. The summed E-state index contributed by atoms with van der Waals surface area (Å²) in [6.45, 7) is 4.09. The molecule has 3 aromatic rings. The van der Waals surface area contributed by atoms with Crippen LogP contribution in [0, 0.1) is 5.92 Å². The van der Waals surface area contributed by atoms with Gasteiger partial charge in [-0.25, -0.2) is 0 Å². The second-order valence-corrected chi connectivity index (χ2v) is 6.74. The largest absolute Gasteiger partial charge is 0.497 e. The summed E-state index contributed by atoms with van der Waals surface area (Å²) in [6.07, 6.45) is 0. The summed E-state index contributed by atoms with van der Waals surface area (Å²) < 4.78 is 6.50. The van der Waals surface area contributed by atoms with Crippen molar-refractivity contribution in [2.45, 2.75) is 20.4 Å². The standard InChI is InChI=1S/C20H21ClN4O2/c1-13(2)19(26)25-20(22-12-15-6-4-5-7-17(15)21)23-18(24-25)14-8-10-16(27-3)11-9-14/h4-11,13H,12H2,1-3H3,(H,22,23,24). The number of hydrogen-bond acceptors (Lipinski definition) is 5. The highest BCUT2D eigenvalue weighted by molar-refractivity contribution is 6.31. The molecule has 0 radical (unpaired) electrons. The topological polar surface area (TPSA) is 69.0 Å². The van der Waals surface area contributed by atoms with E-state index in [4.69, 9.17) is 16.3 Å². The van der Waals surface area contributed by atoms with Crippen LogP contribution in [0.15, 0.2) is 48.5 Å². The molecular weight excluding hydrogens is 364 g/mol. The first kappa shape index (κ1) is 18.9. The van der Waals surface area contributed by atoms with E-state index in [2.05, 4.69) is 15.4 Å². The predicted molar refractivity (Wildman–Crippen MR) is 106 cm³/mol. The fourth-order valence-electron chi connectivity index (χ4n) is 2.50. The van der Waals surface area contributed by atoms with E-state index in [1.807, 2.05) is 62.4 Å². The molecule has 1 aromatic heterocycles. The first-order valence-corrected chi connectivity index (χ1v) is 9.00. The molecule has 140 valence electrons. The summed E-state index contributed by atoms with van der Waals surface area (Å²) in [5, 5.41) is 8.24. The van der Waals surface area contributed by atoms with Gasteiger partial charge in [0.05, 0.1) is 7.11 Å². The summed E-state index contributed by atoms with van der Waals surface area (Å²) in [7, 11) is 1.61. The van der Waals surface area contributed by atoms with Crippen LogP contribution in [0.4, 0.5) is 5.95 Å². The quantitative estimate of drug-likeness (QED) is 0.676. The number of nitrogens with zero attached hydrogens (tertiary/aromatic N) is 3. The van der Waals surface area contributed by atoms with Crippen LogP contribution in [0.3, 0.4) is 0 Å². The van der Waals surface area contributed by atoms with Crippen molar-refractivity contribution < 1.29 is 9.53 Å². The van der Waals surface area contributed by atoms with Crippen LogP contribution in [0.2, 0.25) is 5.02 Å². The maximum atomic E-state index is 12.6. The van der Waals surface area contributed by atoms with Gasteiger partial charge in [0, 0.05) is 23.0 Å². The van der Waals surface area contributed by atoms with E-state index in [0.717, 1.165) is 16.9 Å². The van der Waals surface area contributed by atoms with E-state index in [1.54, 1.807) is 7.11 Å². The maximum absolute atomic E-state index is 12.6. The Morgan fingerprint density at radius 2 is 1.89 bits per heavy atom. The Kier molecular flexibility index (Phi) is 5.76. The lowest BCUT2D eigenvalue weighted by atomic mass is 10.2. The zero-order chi connectivity index (χ0) is 19.4. The van der Waals surface area contributed by atoms with E-state index in [0.29, 0.717) is 23.3 Å². The Labute approximate surface area is 163 Å². The van der Waals surface area contributed by atoms with Gasteiger partial charge in [-0.3, -0.25) is 4.79 Å². The van der Waals surface area contributed by atoms with E-state index in [9.17, 15) is 4.79 Å². The lowest BCUT2D eigenvalue weighted by Gasteiger charge is -2.09. The summed E-state index contributed by atoms with van der Waals surface area (Å²) in [5.74, 6) is 1.25. The Morgan fingerprint density at radius 3 is 2.52 bits per heavy atom. The van der Waals surface area contributed by atoms with Gasteiger partial charge < -0.3 is 10.1 Å². The first-order valence-electron chi connectivity index (χ1n) is 8.62. The van der Waals surface area contributed by atoms with Gasteiger partial charge in [0.15, 0.2) is 5.82 Å². The number of carbonyl (C=O) groups is 1. The molecule has 2 aromatic carbocycles. The fourth-order valence-corrected chi connectivity index (χ4v) is 2.71. The van der Waals surface area contributed by atoms with Gasteiger partial charge in [0.25, 0.3) is 5.91 Å². The molecule has 0 saturated carbocycles. The second-order valence-electron chi connectivity index (χ2n) is 6.34. The molecule has 7 heteroatoms. The lowest BCUT2D eigenvalue weighted by Crippen LogP contribution is -2.21. The van der Waals surface area contributed by atoms with Crippen LogP contribution >= 0.6 is 11.6 Å². The average molecular weight is 385 g/mol. The Bertz CT molecular complexity index is 935. The molecule has 0 atom stereocenters. The molecule has 0 bridgehead atoms. The van der Waals surface area contributed by atoms with Gasteiger partial charge >= 0.3 is 0 Å². The minimum atomic E-state index is -0.212. The van der Waals surface area contributed by atoms with Crippen molar-refractivity contribution in [3.63, 3.8) is 0 Å². The first-order chi connectivity index (χ1) is 13.0. The van der Waals surface area contributed by atoms with Crippen LogP contribution in [0.25, 0.3) is 11.4 Å². The molecule has 0 spiro atoms. The molecule has 0 aliphatic heterocycles. The summed E-state index contributed by atoms with van der Waals surface area (Å²) in [5.41, 5.74) is 1.71. The van der Waals surface area contributed by atoms with Crippen molar-refractivity contribution in [1.29, 1.82) is 0 Å². The third-order valence-corrected chi connectivity index (χ3v) is 4.42. The second kappa shape index (κ2) is 8.22. The minimum absolute atomic E-state index is 0.135. The summed E-state index contributed by atoms with van der Waals surface area (Å²) in [4.78, 5) is 17.1. The molecule has 0 aliphatic carbocycles. The Balaban J connectivity index is 1.91. The van der Waals surface area contributed by atoms with E-state index >= 15 is 0 Å². The molecule has 1 heterocycles. The van der Waals surface area contributed by atoms with Gasteiger partial charge in [-0.15, -0.1) is 5.10 Å². The Morgan fingerprint density at radius 1 is 1.19 bits per heavy atom. The van der Waals surface area contributed by atoms with Crippen molar-refractivity contribution in [2.24, 2.45) is 5.92 Å². The Hall–Kier alpha value is -2.86. The number of anilines is 1. The number of rotatable bonds is 6. The highest BCUT2D eigenvalue weighted by atomic mass is 35.5. The molecule has 0 unspecified atom stereocenters. The van der Waals surface area contributed by atoms with Crippen LogP contribution in [-0.4, -0.2) is 27.8 Å². The van der Waals surface area contributed by atoms with Crippen molar-refractivity contribution in [1.82, 2.24) is 14.8 Å². The van der Waals surface area contributed by atoms with Crippen molar-refractivity contribution in [3.8, 4) is 17.1 Å². The number of hydrogen-bond donors (Lipinski definition) is 1. The molecule has 0 fully saturated rings. The molecular formula is C20H21ClN4O2. The third kappa shape index (κ3) is 4.28.